The van der Waals surface area contributed by atoms with Crippen LogP contribution in [0.2, 0.25) is 0 Å². The van der Waals surface area contributed by atoms with Crippen LogP contribution in [0.1, 0.15) is 10.4 Å². The van der Waals surface area contributed by atoms with Crippen LogP contribution >= 0.6 is 11.3 Å². The molecule has 1 aromatic heterocycles. The first-order chi connectivity index (χ1) is 11.9. The molecule has 0 aliphatic carbocycles. The second-order valence-corrected chi connectivity index (χ2v) is 6.79. The smallest absolute Gasteiger partial charge is 0.231 e. The van der Waals surface area contributed by atoms with E-state index < -0.39 is 0 Å². The third-order valence-electron chi connectivity index (χ3n) is 4.25. The van der Waals surface area contributed by atoms with Crippen LogP contribution < -0.4 is 9.47 Å². The first-order valence-electron chi connectivity index (χ1n) is 8.19. The van der Waals surface area contributed by atoms with Crippen LogP contribution in [0.4, 0.5) is 5.69 Å². The topological polar surface area (TPSA) is 43.3 Å². The summed E-state index contributed by atoms with van der Waals surface area (Å²) < 4.78 is 16.5. The van der Waals surface area contributed by atoms with Crippen LogP contribution in [-0.4, -0.2) is 50.8 Å². The van der Waals surface area contributed by atoms with E-state index in [0.717, 1.165) is 61.3 Å². The molecule has 0 amide bonds. The van der Waals surface area contributed by atoms with Gasteiger partial charge in [-0.05, 0) is 29.5 Å². The molecule has 4 rings (SSSR count). The van der Waals surface area contributed by atoms with Crippen LogP contribution in [0.15, 0.2) is 34.6 Å². The summed E-state index contributed by atoms with van der Waals surface area (Å²) >= 11 is 1.68. The summed E-state index contributed by atoms with van der Waals surface area (Å²) in [5, 5.41) is 2.06. The number of rotatable bonds is 5. The van der Waals surface area contributed by atoms with E-state index in [-0.39, 0.29) is 6.79 Å². The van der Waals surface area contributed by atoms with Crippen molar-refractivity contribution in [3.63, 3.8) is 0 Å². The molecular formula is C18H20N2O3S. The van der Waals surface area contributed by atoms with Crippen molar-refractivity contribution in [1.29, 1.82) is 0 Å². The Morgan fingerprint density at radius 2 is 2.00 bits per heavy atom. The van der Waals surface area contributed by atoms with Gasteiger partial charge in [-0.3, -0.25) is 9.89 Å². The Labute approximate surface area is 145 Å². The summed E-state index contributed by atoms with van der Waals surface area (Å²) in [6.45, 7) is 4.94. The number of nitrogens with zero attached hydrogens (tertiary/aromatic N) is 2. The van der Waals surface area contributed by atoms with E-state index in [2.05, 4.69) is 22.4 Å². The first kappa shape index (κ1) is 15.6. The molecule has 5 nitrogen and oxygen atoms in total. The van der Waals surface area contributed by atoms with Crippen molar-refractivity contribution in [2.24, 2.45) is 4.99 Å². The van der Waals surface area contributed by atoms with Crippen molar-refractivity contribution < 1.29 is 14.2 Å². The van der Waals surface area contributed by atoms with Gasteiger partial charge in [-0.15, -0.1) is 11.3 Å². The summed E-state index contributed by atoms with van der Waals surface area (Å²) in [6, 6.07) is 8.16. The number of morpholine rings is 1. The fourth-order valence-corrected chi connectivity index (χ4v) is 3.48. The number of benzene rings is 1. The van der Waals surface area contributed by atoms with Gasteiger partial charge in [-0.25, -0.2) is 0 Å². The highest BCUT2D eigenvalue weighted by molar-refractivity contribution is 7.11. The van der Waals surface area contributed by atoms with E-state index >= 15 is 0 Å². The van der Waals surface area contributed by atoms with E-state index in [1.165, 1.54) is 5.56 Å². The van der Waals surface area contributed by atoms with Gasteiger partial charge in [-0.2, -0.15) is 0 Å². The maximum Gasteiger partial charge on any atom is 0.231 e. The fraction of sp³-hybridized carbons (Fsp3) is 0.389. The molecule has 2 aromatic rings. The van der Waals surface area contributed by atoms with Crippen LogP contribution in [0.5, 0.6) is 11.5 Å². The first-order valence-corrected chi connectivity index (χ1v) is 9.07. The van der Waals surface area contributed by atoms with Crippen LogP contribution in [0.3, 0.4) is 0 Å². The zero-order valence-electron chi connectivity index (χ0n) is 13.4. The molecule has 6 heteroatoms. The van der Waals surface area contributed by atoms with Gasteiger partial charge in [-0.1, -0.05) is 6.07 Å². The Bertz CT molecular complexity index is 709. The minimum Gasteiger partial charge on any atom is -0.454 e. The summed E-state index contributed by atoms with van der Waals surface area (Å²) in [7, 11) is 0. The molecule has 24 heavy (non-hydrogen) atoms. The number of ether oxygens (including phenoxy) is 3. The molecule has 0 radical (unpaired) electrons. The normalized spacial score (nSPS) is 17.7. The van der Waals surface area contributed by atoms with Crippen molar-refractivity contribution in [3.8, 4) is 11.5 Å². The molecule has 1 fully saturated rings. The van der Waals surface area contributed by atoms with Crippen molar-refractivity contribution >= 4 is 23.2 Å². The minimum atomic E-state index is 0.288. The second-order valence-electron chi connectivity index (χ2n) is 5.81. The van der Waals surface area contributed by atoms with Crippen molar-refractivity contribution in [2.75, 3.05) is 39.6 Å². The zero-order chi connectivity index (χ0) is 16.2. The largest absolute Gasteiger partial charge is 0.454 e. The lowest BCUT2D eigenvalue weighted by atomic mass is 10.1. The van der Waals surface area contributed by atoms with Crippen LogP contribution in [0.25, 0.3) is 0 Å². The van der Waals surface area contributed by atoms with Gasteiger partial charge in [0.15, 0.2) is 11.5 Å². The summed E-state index contributed by atoms with van der Waals surface area (Å²) in [6.07, 6.45) is 2.86. The van der Waals surface area contributed by atoms with E-state index in [1.54, 1.807) is 11.3 Å². The molecule has 126 valence electrons. The van der Waals surface area contributed by atoms with Gasteiger partial charge in [0, 0.05) is 36.8 Å². The highest BCUT2D eigenvalue weighted by Gasteiger charge is 2.18. The Morgan fingerprint density at radius 3 is 2.79 bits per heavy atom. The lowest BCUT2D eigenvalue weighted by Crippen LogP contribution is -2.37. The maximum atomic E-state index is 5.53. The molecular weight excluding hydrogens is 324 g/mol. The van der Waals surface area contributed by atoms with E-state index in [1.807, 2.05) is 18.3 Å². The molecule has 0 atom stereocenters. The van der Waals surface area contributed by atoms with Crippen molar-refractivity contribution in [1.82, 2.24) is 4.90 Å². The summed E-state index contributed by atoms with van der Waals surface area (Å²) in [4.78, 5) is 8.27. The van der Waals surface area contributed by atoms with E-state index in [0.29, 0.717) is 0 Å². The molecule has 0 unspecified atom stereocenters. The molecule has 3 heterocycles. The number of hydrogen-bond acceptors (Lipinski definition) is 6. The number of aliphatic imine (C=N–C) groups is 1. The standard InChI is InChI=1S/C18H20N2O3S/c1-2-15(24-9-1)12-19-16-11-18-17(22-13-23-18)10-14(16)3-4-20-5-7-21-8-6-20/h1-2,9-12H,3-8,13H2. The number of hydrogen-bond donors (Lipinski definition) is 0. The molecule has 0 spiro atoms. The van der Waals surface area contributed by atoms with Crippen LogP contribution in [0, 0.1) is 0 Å². The lowest BCUT2D eigenvalue weighted by Gasteiger charge is -2.26. The van der Waals surface area contributed by atoms with Gasteiger partial charge >= 0.3 is 0 Å². The van der Waals surface area contributed by atoms with Gasteiger partial charge < -0.3 is 14.2 Å². The molecule has 2 aliphatic rings. The predicted molar refractivity (Wildman–Crippen MR) is 95.1 cm³/mol. The summed E-state index contributed by atoms with van der Waals surface area (Å²) in [5.74, 6) is 1.60. The minimum absolute atomic E-state index is 0.288. The van der Waals surface area contributed by atoms with E-state index in [4.69, 9.17) is 19.2 Å². The third-order valence-corrected chi connectivity index (χ3v) is 5.06. The number of thiophene rings is 1. The SMILES string of the molecule is C(=Nc1cc2c(cc1CCN1CCOCC1)OCO2)c1cccs1. The van der Waals surface area contributed by atoms with Gasteiger partial charge in [0.2, 0.25) is 6.79 Å². The Balaban J connectivity index is 1.54. The van der Waals surface area contributed by atoms with Crippen LogP contribution in [-0.2, 0) is 11.2 Å². The zero-order valence-corrected chi connectivity index (χ0v) is 14.3. The van der Waals surface area contributed by atoms with Crippen molar-refractivity contribution in [2.45, 2.75) is 6.42 Å². The van der Waals surface area contributed by atoms with Gasteiger partial charge in [0.25, 0.3) is 0 Å². The number of fused-ring (bicyclic) bond motifs is 1. The maximum absolute atomic E-state index is 5.53. The highest BCUT2D eigenvalue weighted by atomic mass is 32.1. The second kappa shape index (κ2) is 7.34. The Kier molecular flexibility index (Phi) is 4.78. The highest BCUT2D eigenvalue weighted by Crippen LogP contribution is 2.38. The third kappa shape index (κ3) is 3.61. The lowest BCUT2D eigenvalue weighted by molar-refractivity contribution is 0.0384. The molecule has 2 aliphatic heterocycles. The average Bonchev–Trinajstić information content (AvgIpc) is 3.29. The quantitative estimate of drug-likeness (QED) is 0.782. The predicted octanol–water partition coefficient (Wildman–Crippen LogP) is 3.10. The average molecular weight is 344 g/mol. The van der Waals surface area contributed by atoms with E-state index in [9.17, 15) is 0 Å². The molecule has 0 saturated carbocycles. The molecule has 1 saturated heterocycles. The Morgan fingerprint density at radius 1 is 1.17 bits per heavy atom. The summed E-state index contributed by atoms with van der Waals surface area (Å²) in [5.41, 5.74) is 2.15. The van der Waals surface area contributed by atoms with Crippen molar-refractivity contribution in [3.05, 3.63) is 40.1 Å². The van der Waals surface area contributed by atoms with Gasteiger partial charge in [0.1, 0.15) is 0 Å². The van der Waals surface area contributed by atoms with Gasteiger partial charge in [0.05, 0.1) is 18.9 Å². The monoisotopic (exact) mass is 344 g/mol. The fourth-order valence-electron chi connectivity index (χ4n) is 2.89. The molecule has 0 N–H and O–H groups in total. The molecule has 0 bridgehead atoms. The molecule has 1 aromatic carbocycles. The Hall–Kier alpha value is -1.89.